The minimum Gasteiger partial charge on any atom is -0.444 e. The first-order valence-electron chi connectivity index (χ1n) is 5.48. The molecule has 90 valence electrons. The van der Waals surface area contributed by atoms with Crippen molar-refractivity contribution < 1.29 is 9.53 Å². The van der Waals surface area contributed by atoms with Crippen molar-refractivity contribution in [3.05, 3.63) is 0 Å². The van der Waals surface area contributed by atoms with Crippen molar-refractivity contribution in [3.8, 4) is 0 Å². The van der Waals surface area contributed by atoms with Crippen molar-refractivity contribution in [1.29, 1.82) is 0 Å². The van der Waals surface area contributed by atoms with Crippen LogP contribution >= 0.6 is 0 Å². The second-order valence-corrected chi connectivity index (χ2v) is 5.01. The van der Waals surface area contributed by atoms with Gasteiger partial charge in [-0.3, -0.25) is 10.3 Å². The zero-order chi connectivity index (χ0) is 11.8. The topological polar surface area (TPSA) is 57.2 Å². The molecule has 2 heterocycles. The van der Waals surface area contributed by atoms with Crippen LogP contribution in [0.5, 0.6) is 0 Å². The Balaban J connectivity index is 1.94. The Bertz CT molecular complexity index is 321. The molecule has 0 aromatic carbocycles. The summed E-state index contributed by atoms with van der Waals surface area (Å²) in [6.07, 6.45) is -0.262. The van der Waals surface area contributed by atoms with E-state index in [-0.39, 0.29) is 6.09 Å². The van der Waals surface area contributed by atoms with Crippen molar-refractivity contribution in [2.75, 3.05) is 26.3 Å². The summed E-state index contributed by atoms with van der Waals surface area (Å²) in [5.41, 5.74) is 2.47. The number of hydrazone groups is 1. The third-order valence-electron chi connectivity index (χ3n) is 2.46. The van der Waals surface area contributed by atoms with Crippen LogP contribution in [0.3, 0.4) is 0 Å². The first kappa shape index (κ1) is 11.0. The number of nitrogens with zero attached hydrogens (tertiary/aromatic N) is 3. The van der Waals surface area contributed by atoms with Crippen molar-refractivity contribution in [1.82, 2.24) is 15.2 Å². The highest BCUT2D eigenvalue weighted by molar-refractivity contribution is 5.88. The average Bonchev–Trinajstić information content (AvgIpc) is 2.61. The minimum atomic E-state index is -0.441. The Morgan fingerprint density at radius 1 is 1.44 bits per heavy atom. The molecule has 0 atom stereocenters. The van der Waals surface area contributed by atoms with Crippen molar-refractivity contribution >= 4 is 11.9 Å². The van der Waals surface area contributed by atoms with Gasteiger partial charge in [-0.05, 0) is 20.8 Å². The lowest BCUT2D eigenvalue weighted by molar-refractivity contribution is 0.0246. The largest absolute Gasteiger partial charge is 0.444 e. The average molecular weight is 226 g/mol. The summed E-state index contributed by atoms with van der Waals surface area (Å²) in [4.78, 5) is 15.6. The van der Waals surface area contributed by atoms with Gasteiger partial charge in [0.25, 0.3) is 0 Å². The molecule has 1 fully saturated rings. The van der Waals surface area contributed by atoms with Crippen molar-refractivity contribution in [3.63, 3.8) is 0 Å². The van der Waals surface area contributed by atoms with Gasteiger partial charge in [0.15, 0.2) is 0 Å². The summed E-state index contributed by atoms with van der Waals surface area (Å²) in [6, 6.07) is 0. The van der Waals surface area contributed by atoms with E-state index >= 15 is 0 Å². The summed E-state index contributed by atoms with van der Waals surface area (Å²) in [5, 5.41) is 4.13. The number of amidine groups is 1. The first-order chi connectivity index (χ1) is 7.46. The van der Waals surface area contributed by atoms with E-state index in [1.807, 2.05) is 20.8 Å². The molecule has 0 radical (unpaired) electrons. The van der Waals surface area contributed by atoms with Gasteiger partial charge >= 0.3 is 6.09 Å². The Labute approximate surface area is 95.2 Å². The summed E-state index contributed by atoms with van der Waals surface area (Å²) < 4.78 is 5.32. The maximum atomic E-state index is 11.8. The summed E-state index contributed by atoms with van der Waals surface area (Å²) in [5.74, 6) is 0.914. The number of hydrogen-bond acceptors (Lipinski definition) is 5. The van der Waals surface area contributed by atoms with E-state index in [1.165, 1.54) is 0 Å². The zero-order valence-corrected chi connectivity index (χ0v) is 9.99. The molecule has 2 aliphatic rings. The second-order valence-electron chi connectivity index (χ2n) is 5.01. The third-order valence-corrected chi connectivity index (χ3v) is 2.46. The van der Waals surface area contributed by atoms with Crippen LogP contribution in [0.4, 0.5) is 4.79 Å². The highest BCUT2D eigenvalue weighted by Gasteiger charge is 2.30. The molecule has 1 amide bonds. The van der Waals surface area contributed by atoms with Gasteiger partial charge in [-0.15, -0.1) is 0 Å². The summed E-state index contributed by atoms with van der Waals surface area (Å²) >= 11 is 0. The number of rotatable bonds is 0. The van der Waals surface area contributed by atoms with E-state index in [1.54, 1.807) is 4.90 Å². The highest BCUT2D eigenvalue weighted by atomic mass is 16.6. The molecule has 0 unspecified atom stereocenters. The third kappa shape index (κ3) is 2.37. The summed E-state index contributed by atoms with van der Waals surface area (Å²) in [6.45, 7) is 8.39. The van der Waals surface area contributed by atoms with E-state index < -0.39 is 5.60 Å². The van der Waals surface area contributed by atoms with Gasteiger partial charge < -0.3 is 9.64 Å². The van der Waals surface area contributed by atoms with Crippen LogP contribution in [0.15, 0.2) is 5.10 Å². The Hall–Kier alpha value is -1.46. The molecule has 0 aromatic heterocycles. The molecule has 0 aromatic rings. The zero-order valence-electron chi connectivity index (χ0n) is 9.99. The highest BCUT2D eigenvalue weighted by Crippen LogP contribution is 2.13. The monoisotopic (exact) mass is 226 g/mol. The summed E-state index contributed by atoms with van der Waals surface area (Å²) in [7, 11) is 0. The second kappa shape index (κ2) is 3.84. The molecule has 0 saturated carbocycles. The minimum absolute atomic E-state index is 0.262. The normalized spacial score (nSPS) is 20.1. The molecule has 2 aliphatic heterocycles. The number of carbonyl (C=O) groups excluding carboxylic acids is 1. The predicted octanol–water partition coefficient (Wildman–Crippen LogP) is 0.413. The molecule has 0 aliphatic carbocycles. The van der Waals surface area contributed by atoms with Gasteiger partial charge in [-0.1, -0.05) is 0 Å². The van der Waals surface area contributed by atoms with Crippen LogP contribution in [0.25, 0.3) is 0 Å². The van der Waals surface area contributed by atoms with Crippen LogP contribution in [0.1, 0.15) is 20.8 Å². The maximum Gasteiger partial charge on any atom is 0.410 e. The number of piperazine rings is 1. The van der Waals surface area contributed by atoms with E-state index in [2.05, 4.69) is 15.4 Å². The van der Waals surface area contributed by atoms with Crippen molar-refractivity contribution in [2.45, 2.75) is 26.4 Å². The lowest BCUT2D eigenvalue weighted by Crippen LogP contribution is -2.51. The SMILES string of the molecule is CC(C)(C)OC(=O)N1CCN2CNN=C2C1. The lowest BCUT2D eigenvalue weighted by Gasteiger charge is -2.34. The molecule has 1 saturated heterocycles. The molecule has 1 N–H and O–H groups in total. The smallest absolute Gasteiger partial charge is 0.410 e. The van der Waals surface area contributed by atoms with E-state index in [0.717, 1.165) is 19.0 Å². The van der Waals surface area contributed by atoms with Crippen LogP contribution < -0.4 is 5.43 Å². The molecule has 16 heavy (non-hydrogen) atoms. The van der Waals surface area contributed by atoms with Gasteiger partial charge in [0.1, 0.15) is 18.1 Å². The van der Waals surface area contributed by atoms with Gasteiger partial charge in [0, 0.05) is 13.1 Å². The van der Waals surface area contributed by atoms with Gasteiger partial charge in [-0.25, -0.2) is 4.79 Å². The number of ether oxygens (including phenoxy) is 1. The molecule has 6 nitrogen and oxygen atoms in total. The quantitative estimate of drug-likeness (QED) is 0.650. The fourth-order valence-corrected chi connectivity index (χ4v) is 1.69. The van der Waals surface area contributed by atoms with Crippen LogP contribution in [0.2, 0.25) is 0 Å². The molecule has 0 bridgehead atoms. The molecule has 6 heteroatoms. The first-order valence-corrected chi connectivity index (χ1v) is 5.48. The number of fused-ring (bicyclic) bond motifs is 1. The Morgan fingerprint density at radius 2 is 2.19 bits per heavy atom. The Kier molecular flexibility index (Phi) is 2.65. The fourth-order valence-electron chi connectivity index (χ4n) is 1.69. The number of nitrogens with one attached hydrogen (secondary N) is 1. The Morgan fingerprint density at radius 3 is 2.88 bits per heavy atom. The number of hydrogen-bond donors (Lipinski definition) is 1. The van der Waals surface area contributed by atoms with Crippen LogP contribution in [-0.4, -0.2) is 53.6 Å². The van der Waals surface area contributed by atoms with Gasteiger partial charge in [0.2, 0.25) is 0 Å². The van der Waals surface area contributed by atoms with Gasteiger partial charge in [-0.2, -0.15) is 5.10 Å². The van der Waals surface area contributed by atoms with Crippen LogP contribution in [0, 0.1) is 0 Å². The van der Waals surface area contributed by atoms with E-state index in [4.69, 9.17) is 4.74 Å². The van der Waals surface area contributed by atoms with E-state index in [9.17, 15) is 4.79 Å². The van der Waals surface area contributed by atoms with Gasteiger partial charge in [0.05, 0.1) is 6.54 Å². The fraction of sp³-hybridized carbons (Fsp3) is 0.800. The number of amides is 1. The van der Waals surface area contributed by atoms with E-state index in [0.29, 0.717) is 13.1 Å². The number of carbonyl (C=O) groups is 1. The lowest BCUT2D eigenvalue weighted by atomic mass is 10.2. The standard InChI is InChI=1S/C10H18N4O2/c1-10(2,3)16-9(15)13-4-5-14-7-11-12-8(14)6-13/h11H,4-7H2,1-3H3. The molecule has 0 spiro atoms. The molecular formula is C10H18N4O2. The molecule has 2 rings (SSSR count). The van der Waals surface area contributed by atoms with Crippen LogP contribution in [-0.2, 0) is 4.74 Å². The maximum absolute atomic E-state index is 11.8. The van der Waals surface area contributed by atoms with Crippen molar-refractivity contribution in [2.24, 2.45) is 5.10 Å². The molecular weight excluding hydrogens is 208 g/mol. The predicted molar refractivity (Wildman–Crippen MR) is 60.0 cm³/mol.